The molecule has 174 valence electrons. The number of esters is 3. The Bertz CT molecular complexity index is 952. The minimum absolute atomic E-state index is 0.104. The molecule has 1 spiro atoms. The molecule has 2 aliphatic heterocycles. The summed E-state index contributed by atoms with van der Waals surface area (Å²) in [6, 6.07) is 0. The Morgan fingerprint density at radius 1 is 1.06 bits per heavy atom. The van der Waals surface area contributed by atoms with Crippen LogP contribution in [0.4, 0.5) is 0 Å². The van der Waals surface area contributed by atoms with E-state index in [2.05, 4.69) is 6.58 Å². The van der Waals surface area contributed by atoms with Crippen molar-refractivity contribution < 1.29 is 38.1 Å². The van der Waals surface area contributed by atoms with Crippen LogP contribution in [0, 0.1) is 16.7 Å². The highest BCUT2D eigenvalue weighted by Gasteiger charge is 2.74. The minimum atomic E-state index is -1.14. The first-order chi connectivity index (χ1) is 14.8. The Kier molecular flexibility index (Phi) is 4.97. The maximum Gasteiger partial charge on any atom is 0.308 e. The first-order valence-corrected chi connectivity index (χ1v) is 10.9. The molecule has 0 aromatic carbocycles. The largest absolute Gasteiger partial charge is 0.463 e. The van der Waals surface area contributed by atoms with Crippen LogP contribution in [0.25, 0.3) is 0 Å². The molecule has 1 saturated carbocycles. The van der Waals surface area contributed by atoms with Gasteiger partial charge in [-0.3, -0.25) is 19.2 Å². The van der Waals surface area contributed by atoms with Gasteiger partial charge in [0.05, 0.1) is 6.42 Å². The topological polar surface area (TPSA) is 105 Å². The van der Waals surface area contributed by atoms with Gasteiger partial charge < -0.3 is 18.9 Å². The van der Waals surface area contributed by atoms with Gasteiger partial charge in [-0.25, -0.2) is 0 Å². The minimum Gasteiger partial charge on any atom is -0.463 e. The zero-order valence-corrected chi connectivity index (χ0v) is 19.2. The number of ketones is 1. The van der Waals surface area contributed by atoms with Crippen molar-refractivity contribution in [2.45, 2.75) is 77.3 Å². The molecule has 8 heteroatoms. The van der Waals surface area contributed by atoms with Gasteiger partial charge in [0.15, 0.2) is 18.0 Å². The third-order valence-electron chi connectivity index (χ3n) is 8.34. The molecule has 0 radical (unpaired) electrons. The van der Waals surface area contributed by atoms with Gasteiger partial charge in [-0.05, 0) is 31.8 Å². The summed E-state index contributed by atoms with van der Waals surface area (Å²) in [6.45, 7) is 12.4. The fourth-order valence-corrected chi connectivity index (χ4v) is 6.48. The van der Waals surface area contributed by atoms with Crippen LogP contribution in [-0.2, 0) is 38.1 Å². The van der Waals surface area contributed by atoms with Crippen molar-refractivity contribution in [2.24, 2.45) is 16.7 Å². The lowest BCUT2D eigenvalue weighted by Crippen LogP contribution is -2.76. The van der Waals surface area contributed by atoms with Gasteiger partial charge in [-0.1, -0.05) is 26.5 Å². The lowest BCUT2D eigenvalue weighted by atomic mass is 9.43. The molecule has 4 aliphatic rings. The van der Waals surface area contributed by atoms with E-state index in [1.807, 2.05) is 26.8 Å². The predicted octanol–water partition coefficient (Wildman–Crippen LogP) is 2.44. The van der Waals surface area contributed by atoms with E-state index >= 15 is 0 Å². The number of rotatable bonds is 2. The third kappa shape index (κ3) is 2.91. The highest BCUT2D eigenvalue weighted by molar-refractivity contribution is 6.05. The number of ether oxygens (including phenoxy) is 4. The first-order valence-electron chi connectivity index (χ1n) is 10.9. The van der Waals surface area contributed by atoms with Crippen LogP contribution in [0.2, 0.25) is 0 Å². The van der Waals surface area contributed by atoms with Crippen LogP contribution in [-0.4, -0.2) is 53.7 Å². The van der Waals surface area contributed by atoms with Gasteiger partial charge in [0.2, 0.25) is 0 Å². The molecule has 8 nitrogen and oxygen atoms in total. The van der Waals surface area contributed by atoms with Crippen LogP contribution >= 0.6 is 0 Å². The monoisotopic (exact) mass is 446 g/mol. The van der Waals surface area contributed by atoms with Gasteiger partial charge in [0.25, 0.3) is 0 Å². The molecule has 32 heavy (non-hydrogen) atoms. The Labute approximate surface area is 187 Å². The van der Waals surface area contributed by atoms with E-state index in [9.17, 15) is 19.2 Å². The van der Waals surface area contributed by atoms with Gasteiger partial charge in [-0.15, -0.1) is 0 Å². The van der Waals surface area contributed by atoms with Crippen molar-refractivity contribution in [3.8, 4) is 0 Å². The summed E-state index contributed by atoms with van der Waals surface area (Å²) in [6.07, 6.45) is 2.60. The van der Waals surface area contributed by atoms with Crippen molar-refractivity contribution in [2.75, 3.05) is 6.61 Å². The average Bonchev–Trinajstić information content (AvgIpc) is 3.05. The van der Waals surface area contributed by atoms with Crippen LogP contribution in [0.5, 0.6) is 0 Å². The van der Waals surface area contributed by atoms with Crippen LogP contribution < -0.4 is 0 Å². The van der Waals surface area contributed by atoms with E-state index < -0.39 is 46.2 Å². The second-order valence-electron chi connectivity index (χ2n) is 10.2. The standard InChI is InChI=1S/C24H30O8/c1-13-16(27)7-8-17-21(4)9-10-24(11-18(28)29-12-24)32-23(21,6)20(31-15(3)26)19(22(13,17)5)30-14(2)25/h7-8,17,19-20H,1,9-12H2,2-6H3/t17-,19-,20-,21+,22-,23-,24-/m0/s1. The van der Waals surface area contributed by atoms with E-state index in [-0.39, 0.29) is 30.7 Å². The average molecular weight is 446 g/mol. The van der Waals surface area contributed by atoms with Gasteiger partial charge >= 0.3 is 17.9 Å². The molecule has 2 saturated heterocycles. The zero-order chi connectivity index (χ0) is 23.7. The number of carbonyl (C=O) groups is 4. The molecule has 2 aliphatic carbocycles. The van der Waals surface area contributed by atoms with Crippen molar-refractivity contribution >= 4 is 23.7 Å². The molecule has 0 N–H and O–H groups in total. The summed E-state index contributed by atoms with van der Waals surface area (Å²) in [5, 5.41) is 0. The molecule has 7 atom stereocenters. The lowest BCUT2D eigenvalue weighted by Gasteiger charge is -2.68. The fourth-order valence-electron chi connectivity index (χ4n) is 6.48. The fraction of sp³-hybridized carbons (Fsp3) is 0.667. The number of hydrogen-bond acceptors (Lipinski definition) is 8. The number of hydrogen-bond donors (Lipinski definition) is 0. The van der Waals surface area contributed by atoms with Crippen LogP contribution in [0.15, 0.2) is 24.3 Å². The molecule has 2 heterocycles. The molecular weight excluding hydrogens is 416 g/mol. The Morgan fingerprint density at radius 3 is 2.25 bits per heavy atom. The van der Waals surface area contributed by atoms with Crippen molar-refractivity contribution in [3.05, 3.63) is 24.3 Å². The summed E-state index contributed by atoms with van der Waals surface area (Å²) >= 11 is 0. The molecule has 0 unspecified atom stereocenters. The molecular formula is C24H30O8. The van der Waals surface area contributed by atoms with E-state index in [0.29, 0.717) is 18.4 Å². The molecule has 4 rings (SSSR count). The van der Waals surface area contributed by atoms with E-state index in [1.54, 1.807) is 0 Å². The lowest BCUT2D eigenvalue weighted by molar-refractivity contribution is -0.334. The second kappa shape index (κ2) is 7.01. The van der Waals surface area contributed by atoms with Gasteiger partial charge in [0.1, 0.15) is 17.8 Å². The molecule has 0 amide bonds. The Hall–Kier alpha value is -2.48. The summed E-state index contributed by atoms with van der Waals surface area (Å²) < 4.78 is 23.6. The quantitative estimate of drug-likeness (QED) is 0.362. The molecule has 0 aromatic rings. The number of carbonyl (C=O) groups excluding carboxylic acids is 4. The summed E-state index contributed by atoms with van der Waals surface area (Å²) in [5.74, 6) is -2.02. The van der Waals surface area contributed by atoms with Gasteiger partial charge in [-0.2, -0.15) is 0 Å². The van der Waals surface area contributed by atoms with E-state index in [1.165, 1.54) is 19.9 Å². The molecule has 3 fully saturated rings. The molecule has 0 bridgehead atoms. The van der Waals surface area contributed by atoms with Crippen LogP contribution in [0.3, 0.4) is 0 Å². The third-order valence-corrected chi connectivity index (χ3v) is 8.34. The summed E-state index contributed by atoms with van der Waals surface area (Å²) in [4.78, 5) is 49.1. The number of cyclic esters (lactones) is 1. The highest BCUT2D eigenvalue weighted by Crippen LogP contribution is 2.67. The zero-order valence-electron chi connectivity index (χ0n) is 19.2. The smallest absolute Gasteiger partial charge is 0.308 e. The van der Waals surface area contributed by atoms with Crippen molar-refractivity contribution in [1.82, 2.24) is 0 Å². The summed E-state index contributed by atoms with van der Waals surface area (Å²) in [5.41, 5.74) is -3.32. The second-order valence-corrected chi connectivity index (χ2v) is 10.2. The van der Waals surface area contributed by atoms with Crippen LogP contribution in [0.1, 0.15) is 53.9 Å². The van der Waals surface area contributed by atoms with Crippen molar-refractivity contribution in [1.29, 1.82) is 0 Å². The Morgan fingerprint density at radius 2 is 1.69 bits per heavy atom. The molecule has 0 aromatic heterocycles. The number of fused-ring (bicyclic) bond motifs is 3. The van der Waals surface area contributed by atoms with Crippen molar-refractivity contribution in [3.63, 3.8) is 0 Å². The predicted molar refractivity (Wildman–Crippen MR) is 111 cm³/mol. The summed E-state index contributed by atoms with van der Waals surface area (Å²) in [7, 11) is 0. The van der Waals surface area contributed by atoms with E-state index in [4.69, 9.17) is 18.9 Å². The van der Waals surface area contributed by atoms with Gasteiger partial charge in [0, 0.05) is 30.3 Å². The van der Waals surface area contributed by atoms with E-state index in [0.717, 1.165) is 0 Å². The maximum absolute atomic E-state index is 12.7. The number of allylic oxidation sites excluding steroid dienone is 2. The maximum atomic E-state index is 12.7. The SMILES string of the molecule is C=C1C(=O)C=C[C@@H]2[C@@]1(C)[C@@H](OC(C)=O)[C@H](OC(C)=O)[C@]1(C)O[C@]3(CC[C@]21C)COC(=O)C3. The normalized spacial score (nSPS) is 45.2. The highest BCUT2D eigenvalue weighted by atomic mass is 16.6. The Balaban J connectivity index is 1.93. The first kappa shape index (κ1) is 22.7.